The van der Waals surface area contributed by atoms with Crippen molar-refractivity contribution in [2.45, 2.75) is 32.6 Å². The van der Waals surface area contributed by atoms with E-state index in [1.165, 1.54) is 5.56 Å². The number of piperidine rings is 1. The van der Waals surface area contributed by atoms with Crippen molar-refractivity contribution in [2.75, 3.05) is 25.5 Å². The van der Waals surface area contributed by atoms with Gasteiger partial charge in [-0.05, 0) is 86.7 Å². The number of nitrogens with one attached hydrogen (secondary N) is 1. The Morgan fingerprint density at radius 3 is 2.43 bits per heavy atom. The van der Waals surface area contributed by atoms with Gasteiger partial charge in [-0.2, -0.15) is 0 Å². The molecule has 1 aliphatic rings. The van der Waals surface area contributed by atoms with Crippen LogP contribution in [0.15, 0.2) is 69.1 Å². The number of benzene rings is 2. The summed E-state index contributed by atoms with van der Waals surface area (Å²) in [6, 6.07) is 17.2. The molecule has 2 heterocycles. The third-order valence-electron chi connectivity index (χ3n) is 6.29. The summed E-state index contributed by atoms with van der Waals surface area (Å²) in [5.41, 5.74) is 3.11. The van der Waals surface area contributed by atoms with Gasteiger partial charge in [-0.25, -0.2) is 0 Å². The lowest BCUT2D eigenvalue weighted by atomic mass is 9.89. The fourth-order valence-corrected chi connectivity index (χ4v) is 4.67. The van der Waals surface area contributed by atoms with Gasteiger partial charge in [-0.1, -0.05) is 28.1 Å². The highest BCUT2D eigenvalue weighted by Gasteiger charge is 2.26. The molecule has 35 heavy (non-hydrogen) atoms. The third kappa shape index (κ3) is 6.03. The lowest BCUT2D eigenvalue weighted by molar-refractivity contribution is -0.112. The molecule has 3 aromatic rings. The van der Waals surface area contributed by atoms with Crippen molar-refractivity contribution in [3.63, 3.8) is 0 Å². The molecule has 0 spiro atoms. The molecule has 1 aliphatic heterocycles. The van der Waals surface area contributed by atoms with Crippen LogP contribution in [0.1, 0.15) is 53.1 Å². The van der Waals surface area contributed by atoms with E-state index in [9.17, 15) is 9.59 Å². The number of halogens is 1. The molecule has 0 unspecified atom stereocenters. The topological polar surface area (TPSA) is 71.8 Å². The average Bonchev–Trinajstić information content (AvgIpc) is 3.28. The summed E-state index contributed by atoms with van der Waals surface area (Å²) in [6.45, 7) is 5.01. The smallest absolute Gasteiger partial charge is 0.257 e. The molecule has 182 valence electrons. The Morgan fingerprint density at radius 2 is 1.80 bits per heavy atom. The number of carbonyl (C=O) groups excluding carboxylic acids is 2. The van der Waals surface area contributed by atoms with Crippen molar-refractivity contribution < 1.29 is 18.7 Å². The monoisotopic (exact) mass is 536 g/mol. The molecule has 4 rings (SSSR count). The Bertz CT molecular complexity index is 1240. The summed E-state index contributed by atoms with van der Waals surface area (Å²) in [4.78, 5) is 27.5. The Labute approximate surface area is 214 Å². The Kier molecular flexibility index (Phi) is 7.76. The number of carbonyl (C=O) groups is 2. The molecule has 7 heteroatoms. The molecule has 0 saturated carbocycles. The zero-order valence-corrected chi connectivity index (χ0v) is 21.7. The molecular formula is C28H29BrN2O4. The first kappa shape index (κ1) is 24.8. The van der Waals surface area contributed by atoms with E-state index >= 15 is 0 Å². The molecule has 0 bridgehead atoms. The number of hydrogen-bond acceptors (Lipinski definition) is 4. The van der Waals surface area contributed by atoms with Gasteiger partial charge in [0.05, 0.1) is 12.7 Å². The van der Waals surface area contributed by atoms with Crippen LogP contribution in [0.2, 0.25) is 0 Å². The zero-order valence-electron chi connectivity index (χ0n) is 20.1. The van der Waals surface area contributed by atoms with Gasteiger partial charge in [0, 0.05) is 28.8 Å². The number of hydrogen-bond donors (Lipinski definition) is 1. The number of rotatable bonds is 6. The highest BCUT2D eigenvalue weighted by molar-refractivity contribution is 9.10. The van der Waals surface area contributed by atoms with Gasteiger partial charge in [0.15, 0.2) is 0 Å². The number of furan rings is 1. The summed E-state index contributed by atoms with van der Waals surface area (Å²) in [5, 5.41) is 2.94. The standard InChI is InChI=1S/C28H29BrN2O4/c1-18(16-24-10-4-19(2)35-24)27(32)30-23-8-5-20(6-9-23)21-12-14-31(15-13-21)28(33)25-17-22(29)7-11-26(25)34-3/h4-11,16-17,21H,12-15H2,1-3H3,(H,30,32)/b18-16+. The average molecular weight is 537 g/mol. The number of likely N-dealkylation sites (tertiary alicyclic amines) is 1. The highest BCUT2D eigenvalue weighted by atomic mass is 79.9. The zero-order chi connectivity index (χ0) is 24.9. The molecule has 0 atom stereocenters. The minimum Gasteiger partial charge on any atom is -0.496 e. The number of anilines is 1. The van der Waals surface area contributed by atoms with E-state index in [1.807, 2.05) is 48.2 Å². The molecule has 1 fully saturated rings. The summed E-state index contributed by atoms with van der Waals surface area (Å²) >= 11 is 3.44. The Balaban J connectivity index is 1.34. The maximum atomic E-state index is 13.1. The van der Waals surface area contributed by atoms with Gasteiger partial charge >= 0.3 is 0 Å². The largest absolute Gasteiger partial charge is 0.496 e. The van der Waals surface area contributed by atoms with E-state index in [0.29, 0.717) is 41.7 Å². The van der Waals surface area contributed by atoms with E-state index < -0.39 is 0 Å². The van der Waals surface area contributed by atoms with E-state index in [0.717, 1.165) is 28.8 Å². The minimum absolute atomic E-state index is 0.00667. The van der Waals surface area contributed by atoms with Crippen LogP contribution in [0.4, 0.5) is 5.69 Å². The quantitative estimate of drug-likeness (QED) is 0.369. The van der Waals surface area contributed by atoms with Crippen LogP contribution in [0, 0.1) is 6.92 Å². The van der Waals surface area contributed by atoms with Crippen LogP contribution in [0.3, 0.4) is 0 Å². The predicted octanol–water partition coefficient (Wildman–Crippen LogP) is 6.42. The van der Waals surface area contributed by atoms with Crippen molar-refractivity contribution in [1.29, 1.82) is 0 Å². The van der Waals surface area contributed by atoms with Gasteiger partial charge in [-0.15, -0.1) is 0 Å². The van der Waals surface area contributed by atoms with Gasteiger partial charge in [0.25, 0.3) is 11.8 Å². The van der Waals surface area contributed by atoms with Gasteiger partial charge in [-0.3, -0.25) is 9.59 Å². The van der Waals surface area contributed by atoms with Crippen LogP contribution in [0.5, 0.6) is 5.75 Å². The van der Waals surface area contributed by atoms with Crippen molar-refractivity contribution in [3.05, 3.63) is 87.3 Å². The van der Waals surface area contributed by atoms with Crippen molar-refractivity contribution in [3.8, 4) is 5.75 Å². The third-order valence-corrected chi connectivity index (χ3v) is 6.79. The maximum absolute atomic E-state index is 13.1. The molecular weight excluding hydrogens is 508 g/mol. The maximum Gasteiger partial charge on any atom is 0.257 e. The summed E-state index contributed by atoms with van der Waals surface area (Å²) in [5.74, 6) is 2.26. The summed E-state index contributed by atoms with van der Waals surface area (Å²) in [7, 11) is 1.58. The lowest BCUT2D eigenvalue weighted by Gasteiger charge is -2.32. The number of methoxy groups -OCH3 is 1. The minimum atomic E-state index is -0.165. The Morgan fingerprint density at radius 1 is 1.09 bits per heavy atom. The normalized spacial score (nSPS) is 14.6. The van der Waals surface area contributed by atoms with E-state index in [-0.39, 0.29) is 11.8 Å². The van der Waals surface area contributed by atoms with Crippen LogP contribution in [-0.4, -0.2) is 36.9 Å². The summed E-state index contributed by atoms with van der Waals surface area (Å²) in [6.07, 6.45) is 3.51. The van der Waals surface area contributed by atoms with Gasteiger partial charge in [0.1, 0.15) is 17.3 Å². The molecule has 1 aromatic heterocycles. The second-order valence-corrected chi connectivity index (χ2v) is 9.68. The molecule has 1 saturated heterocycles. The molecule has 0 radical (unpaired) electrons. The first-order valence-corrected chi connectivity index (χ1v) is 12.4. The SMILES string of the molecule is COc1ccc(Br)cc1C(=O)N1CCC(c2ccc(NC(=O)/C(C)=C/c3ccc(C)o3)cc2)CC1. The molecule has 2 aromatic carbocycles. The molecule has 1 N–H and O–H groups in total. The fraction of sp³-hybridized carbons (Fsp3) is 0.286. The second kappa shape index (κ2) is 11.0. The van der Waals surface area contributed by atoms with Crippen molar-refractivity contribution in [2.24, 2.45) is 0 Å². The second-order valence-electron chi connectivity index (χ2n) is 8.76. The Hall–Kier alpha value is -3.32. The van der Waals surface area contributed by atoms with Crippen molar-refractivity contribution >= 4 is 39.5 Å². The number of aryl methyl sites for hydroxylation is 1. The number of amides is 2. The highest BCUT2D eigenvalue weighted by Crippen LogP contribution is 2.31. The molecule has 6 nitrogen and oxygen atoms in total. The predicted molar refractivity (Wildman–Crippen MR) is 141 cm³/mol. The van der Waals surface area contributed by atoms with E-state index in [4.69, 9.17) is 9.15 Å². The number of nitrogens with zero attached hydrogens (tertiary/aromatic N) is 1. The first-order valence-electron chi connectivity index (χ1n) is 11.6. The number of ether oxygens (including phenoxy) is 1. The van der Waals surface area contributed by atoms with Crippen molar-refractivity contribution in [1.82, 2.24) is 4.90 Å². The molecule has 0 aliphatic carbocycles. The van der Waals surface area contributed by atoms with Crippen LogP contribution >= 0.6 is 15.9 Å². The van der Waals surface area contributed by atoms with Crippen LogP contribution < -0.4 is 10.1 Å². The first-order chi connectivity index (χ1) is 16.8. The molecule has 2 amide bonds. The fourth-order valence-electron chi connectivity index (χ4n) is 4.31. The van der Waals surface area contributed by atoms with E-state index in [2.05, 4.69) is 33.4 Å². The van der Waals surface area contributed by atoms with Gasteiger partial charge < -0.3 is 19.4 Å². The van der Waals surface area contributed by atoms with Gasteiger partial charge in [0.2, 0.25) is 0 Å². The van der Waals surface area contributed by atoms with Crippen LogP contribution in [-0.2, 0) is 4.79 Å². The van der Waals surface area contributed by atoms with E-state index in [1.54, 1.807) is 26.2 Å². The van der Waals surface area contributed by atoms with Crippen LogP contribution in [0.25, 0.3) is 6.08 Å². The summed E-state index contributed by atoms with van der Waals surface area (Å²) < 4.78 is 11.7. The lowest BCUT2D eigenvalue weighted by Crippen LogP contribution is -2.38.